The third kappa shape index (κ3) is 1.46. The van der Waals surface area contributed by atoms with E-state index in [4.69, 9.17) is 0 Å². The Morgan fingerprint density at radius 2 is 1.00 bits per heavy atom. The van der Waals surface area contributed by atoms with Crippen LogP contribution in [0.15, 0.2) is 48.5 Å². The van der Waals surface area contributed by atoms with Crippen LogP contribution < -0.4 is 0 Å². The summed E-state index contributed by atoms with van der Waals surface area (Å²) in [5, 5.41) is 0. The smallest absolute Gasteiger partial charge is 0.0261 e. The van der Waals surface area contributed by atoms with Crippen molar-refractivity contribution in [2.75, 3.05) is 0 Å². The van der Waals surface area contributed by atoms with Crippen molar-refractivity contribution < 1.29 is 0 Å². The molecule has 0 saturated heterocycles. The Morgan fingerprint density at radius 3 is 1.37 bits per heavy atom. The highest BCUT2D eigenvalue weighted by Gasteiger charge is 2.47. The van der Waals surface area contributed by atoms with Crippen molar-refractivity contribution in [2.24, 2.45) is 11.8 Å². The monoisotopic (exact) mass is 250 g/mol. The molecule has 1 aliphatic rings. The Bertz CT molecular complexity index is 549. The average molecular weight is 250 g/mol. The zero-order valence-corrected chi connectivity index (χ0v) is 12.3. The molecule has 0 atom stereocenters. The Balaban J connectivity index is 2.42. The van der Waals surface area contributed by atoms with E-state index in [0.717, 1.165) is 0 Å². The van der Waals surface area contributed by atoms with Crippen LogP contribution >= 0.6 is 0 Å². The predicted octanol–water partition coefficient (Wildman–Crippen LogP) is 5.27. The minimum atomic E-state index is 0.160. The Hall–Kier alpha value is -1.56. The fourth-order valence-corrected chi connectivity index (χ4v) is 4.21. The van der Waals surface area contributed by atoms with E-state index in [-0.39, 0.29) is 5.41 Å². The number of hydrogen-bond acceptors (Lipinski definition) is 0. The first-order valence-corrected chi connectivity index (χ1v) is 7.29. The third-order valence-electron chi connectivity index (χ3n) is 4.86. The molecule has 0 aromatic heterocycles. The van der Waals surface area contributed by atoms with E-state index >= 15 is 0 Å². The molecule has 0 N–H and O–H groups in total. The van der Waals surface area contributed by atoms with E-state index < -0.39 is 0 Å². The Labute approximate surface area is 116 Å². The number of hydrogen-bond donors (Lipinski definition) is 0. The van der Waals surface area contributed by atoms with Gasteiger partial charge in [-0.3, -0.25) is 0 Å². The lowest BCUT2D eigenvalue weighted by atomic mass is 9.63. The fourth-order valence-electron chi connectivity index (χ4n) is 4.21. The molecule has 0 amide bonds. The van der Waals surface area contributed by atoms with Gasteiger partial charge in [0.1, 0.15) is 0 Å². The minimum absolute atomic E-state index is 0.160. The first kappa shape index (κ1) is 12.5. The van der Waals surface area contributed by atoms with Gasteiger partial charge in [-0.25, -0.2) is 0 Å². The van der Waals surface area contributed by atoms with Crippen molar-refractivity contribution in [3.63, 3.8) is 0 Å². The summed E-state index contributed by atoms with van der Waals surface area (Å²) >= 11 is 0. The molecule has 0 aliphatic heterocycles. The maximum absolute atomic E-state index is 2.36. The highest BCUT2D eigenvalue weighted by Crippen LogP contribution is 2.56. The molecular formula is C19H22. The molecule has 0 heteroatoms. The Kier molecular flexibility index (Phi) is 2.78. The second-order valence-corrected chi connectivity index (χ2v) is 6.27. The zero-order chi connectivity index (χ0) is 13.6. The predicted molar refractivity (Wildman–Crippen MR) is 82.3 cm³/mol. The van der Waals surface area contributed by atoms with Gasteiger partial charge in [0.05, 0.1) is 0 Å². The molecule has 1 aliphatic carbocycles. The van der Waals surface area contributed by atoms with E-state index in [1.165, 1.54) is 22.3 Å². The SMILES string of the molecule is CC(C)C1(C(C)C)c2ccccc2-c2ccccc21. The van der Waals surface area contributed by atoms with E-state index in [1.807, 2.05) is 0 Å². The summed E-state index contributed by atoms with van der Waals surface area (Å²) in [4.78, 5) is 0. The normalized spacial score (nSPS) is 15.7. The second-order valence-electron chi connectivity index (χ2n) is 6.27. The topological polar surface area (TPSA) is 0 Å². The fraction of sp³-hybridized carbons (Fsp3) is 0.368. The third-order valence-corrected chi connectivity index (χ3v) is 4.86. The number of fused-ring (bicyclic) bond motifs is 3. The molecule has 0 bridgehead atoms. The average Bonchev–Trinajstić information content (AvgIpc) is 2.70. The van der Waals surface area contributed by atoms with Crippen LogP contribution in [-0.2, 0) is 5.41 Å². The molecular weight excluding hydrogens is 228 g/mol. The van der Waals surface area contributed by atoms with Crippen LogP contribution in [-0.4, -0.2) is 0 Å². The molecule has 2 aromatic rings. The number of benzene rings is 2. The van der Waals surface area contributed by atoms with Crippen LogP contribution in [0.3, 0.4) is 0 Å². The summed E-state index contributed by atoms with van der Waals surface area (Å²) in [6.07, 6.45) is 0. The zero-order valence-electron chi connectivity index (χ0n) is 12.3. The van der Waals surface area contributed by atoms with E-state index in [1.54, 1.807) is 0 Å². The van der Waals surface area contributed by atoms with Gasteiger partial charge >= 0.3 is 0 Å². The van der Waals surface area contributed by atoms with Gasteiger partial charge in [0.2, 0.25) is 0 Å². The standard InChI is InChI=1S/C19H22/c1-13(2)19(14(3)4)17-11-7-5-9-15(17)16-10-6-8-12-18(16)19/h5-14H,1-4H3. The molecule has 0 unspecified atom stereocenters. The lowest BCUT2D eigenvalue weighted by Gasteiger charge is -2.40. The first-order valence-electron chi connectivity index (χ1n) is 7.29. The van der Waals surface area contributed by atoms with Gasteiger partial charge in [0, 0.05) is 5.41 Å². The molecule has 3 rings (SSSR count). The van der Waals surface area contributed by atoms with Crippen LogP contribution in [0.4, 0.5) is 0 Å². The van der Waals surface area contributed by atoms with Gasteiger partial charge in [-0.1, -0.05) is 76.2 Å². The highest BCUT2D eigenvalue weighted by molar-refractivity contribution is 5.81. The van der Waals surface area contributed by atoms with Crippen LogP contribution in [0.25, 0.3) is 11.1 Å². The van der Waals surface area contributed by atoms with Crippen molar-refractivity contribution in [1.82, 2.24) is 0 Å². The minimum Gasteiger partial charge on any atom is -0.0619 e. The number of rotatable bonds is 2. The summed E-state index contributed by atoms with van der Waals surface area (Å²) in [5.41, 5.74) is 6.05. The first-order chi connectivity index (χ1) is 9.10. The summed E-state index contributed by atoms with van der Waals surface area (Å²) in [6, 6.07) is 17.9. The molecule has 0 radical (unpaired) electrons. The molecule has 2 aromatic carbocycles. The van der Waals surface area contributed by atoms with Crippen LogP contribution in [0.2, 0.25) is 0 Å². The summed E-state index contributed by atoms with van der Waals surface area (Å²) in [6.45, 7) is 9.44. The second kappa shape index (κ2) is 4.23. The van der Waals surface area contributed by atoms with Crippen LogP contribution in [0.1, 0.15) is 38.8 Å². The van der Waals surface area contributed by atoms with Gasteiger partial charge in [-0.15, -0.1) is 0 Å². The lowest BCUT2D eigenvalue weighted by molar-refractivity contribution is 0.280. The maximum atomic E-state index is 2.36. The molecule has 0 nitrogen and oxygen atoms in total. The summed E-state index contributed by atoms with van der Waals surface area (Å²) in [7, 11) is 0. The maximum Gasteiger partial charge on any atom is 0.0261 e. The molecule has 0 fully saturated rings. The quantitative estimate of drug-likeness (QED) is 0.681. The van der Waals surface area contributed by atoms with Crippen molar-refractivity contribution in [3.05, 3.63) is 59.7 Å². The van der Waals surface area contributed by atoms with Gasteiger partial charge in [-0.05, 0) is 34.1 Å². The van der Waals surface area contributed by atoms with Gasteiger partial charge < -0.3 is 0 Å². The van der Waals surface area contributed by atoms with Crippen LogP contribution in [0, 0.1) is 11.8 Å². The lowest BCUT2D eigenvalue weighted by Crippen LogP contribution is -2.37. The van der Waals surface area contributed by atoms with Crippen molar-refractivity contribution in [1.29, 1.82) is 0 Å². The Morgan fingerprint density at radius 1 is 0.632 bits per heavy atom. The van der Waals surface area contributed by atoms with Crippen molar-refractivity contribution >= 4 is 0 Å². The van der Waals surface area contributed by atoms with Crippen molar-refractivity contribution in [2.45, 2.75) is 33.1 Å². The van der Waals surface area contributed by atoms with E-state index in [9.17, 15) is 0 Å². The van der Waals surface area contributed by atoms with E-state index in [2.05, 4.69) is 76.2 Å². The molecule has 0 spiro atoms. The largest absolute Gasteiger partial charge is 0.0619 e. The molecule has 0 saturated carbocycles. The van der Waals surface area contributed by atoms with Crippen molar-refractivity contribution in [3.8, 4) is 11.1 Å². The molecule has 0 heterocycles. The molecule has 19 heavy (non-hydrogen) atoms. The van der Waals surface area contributed by atoms with Gasteiger partial charge in [0.25, 0.3) is 0 Å². The van der Waals surface area contributed by atoms with Gasteiger partial charge in [-0.2, -0.15) is 0 Å². The van der Waals surface area contributed by atoms with Gasteiger partial charge in [0.15, 0.2) is 0 Å². The van der Waals surface area contributed by atoms with Crippen LogP contribution in [0.5, 0.6) is 0 Å². The summed E-state index contributed by atoms with van der Waals surface area (Å²) in [5.74, 6) is 1.19. The molecule has 98 valence electrons. The van der Waals surface area contributed by atoms with E-state index in [0.29, 0.717) is 11.8 Å². The highest BCUT2D eigenvalue weighted by atomic mass is 14.5. The summed E-state index contributed by atoms with van der Waals surface area (Å²) < 4.78 is 0.